The van der Waals surface area contributed by atoms with E-state index in [4.69, 9.17) is 5.73 Å². The summed E-state index contributed by atoms with van der Waals surface area (Å²) in [6, 6.07) is 10.4. The van der Waals surface area contributed by atoms with Crippen LogP contribution in [0.3, 0.4) is 0 Å². The molecule has 1 heterocycles. The van der Waals surface area contributed by atoms with Crippen molar-refractivity contribution in [2.24, 2.45) is 5.73 Å². The van der Waals surface area contributed by atoms with Crippen LogP contribution in [-0.2, 0) is 16.1 Å². The summed E-state index contributed by atoms with van der Waals surface area (Å²) in [5, 5.41) is 2.77. The molecule has 0 aromatic heterocycles. The molecular weight excluding hydrogens is 328 g/mol. The highest BCUT2D eigenvalue weighted by molar-refractivity contribution is 5.90. The van der Waals surface area contributed by atoms with E-state index in [1.54, 1.807) is 0 Å². The molecule has 1 aromatic carbocycles. The van der Waals surface area contributed by atoms with E-state index in [-0.39, 0.29) is 18.4 Å². The van der Waals surface area contributed by atoms with Crippen LogP contribution < -0.4 is 11.1 Å². The van der Waals surface area contributed by atoms with Crippen molar-refractivity contribution in [1.82, 2.24) is 15.1 Å². The van der Waals surface area contributed by atoms with Gasteiger partial charge in [0.2, 0.25) is 11.8 Å². The molecule has 1 saturated heterocycles. The van der Waals surface area contributed by atoms with Crippen molar-refractivity contribution in [3.63, 3.8) is 0 Å². The lowest BCUT2D eigenvalue weighted by Gasteiger charge is -2.35. The van der Waals surface area contributed by atoms with Crippen molar-refractivity contribution in [2.45, 2.75) is 44.2 Å². The van der Waals surface area contributed by atoms with Gasteiger partial charge < -0.3 is 16.0 Å². The number of carbonyl (C=O) groups excluding carboxylic acids is 2. The number of nitrogens with two attached hydrogens (primary N) is 1. The minimum absolute atomic E-state index is 0.0166. The fourth-order valence-electron chi connectivity index (χ4n) is 3.85. The van der Waals surface area contributed by atoms with Crippen LogP contribution in [0.4, 0.5) is 0 Å². The zero-order valence-corrected chi connectivity index (χ0v) is 15.5. The molecule has 6 nitrogen and oxygen atoms in total. The second kappa shape index (κ2) is 8.64. The predicted octanol–water partition coefficient (Wildman–Crippen LogP) is 1.11. The van der Waals surface area contributed by atoms with E-state index in [0.29, 0.717) is 25.9 Å². The molecule has 3 rings (SSSR count). The zero-order valence-electron chi connectivity index (χ0n) is 15.5. The Bertz CT molecular complexity index is 605. The maximum Gasteiger partial charge on any atom is 0.242 e. The molecule has 2 aliphatic rings. The third-order valence-electron chi connectivity index (χ3n) is 5.57. The van der Waals surface area contributed by atoms with E-state index >= 15 is 0 Å². The average Bonchev–Trinajstić information content (AvgIpc) is 2.68. The largest absolute Gasteiger partial charge is 0.345 e. The quantitative estimate of drug-likeness (QED) is 0.826. The highest BCUT2D eigenvalue weighted by Crippen LogP contribution is 2.25. The Morgan fingerprint density at radius 3 is 2.31 bits per heavy atom. The first-order valence-corrected chi connectivity index (χ1v) is 9.68. The molecule has 2 fully saturated rings. The third kappa shape index (κ3) is 4.83. The Balaban J connectivity index is 1.40. The minimum atomic E-state index is -0.785. The van der Waals surface area contributed by atoms with Crippen LogP contribution in [0, 0.1) is 0 Å². The number of piperazine rings is 1. The maximum atomic E-state index is 12.4. The lowest BCUT2D eigenvalue weighted by molar-refractivity contribution is -0.136. The Labute approximate surface area is 155 Å². The van der Waals surface area contributed by atoms with Crippen molar-refractivity contribution in [3.8, 4) is 0 Å². The van der Waals surface area contributed by atoms with E-state index in [1.165, 1.54) is 5.56 Å². The van der Waals surface area contributed by atoms with Crippen LogP contribution in [0.25, 0.3) is 0 Å². The lowest BCUT2D eigenvalue weighted by atomic mass is 9.82. The molecule has 1 aliphatic heterocycles. The summed E-state index contributed by atoms with van der Waals surface area (Å²) in [5.41, 5.74) is 6.72. The van der Waals surface area contributed by atoms with Gasteiger partial charge in [0.05, 0.1) is 12.1 Å². The van der Waals surface area contributed by atoms with Crippen LogP contribution in [0.2, 0.25) is 0 Å². The van der Waals surface area contributed by atoms with Gasteiger partial charge in [0.1, 0.15) is 0 Å². The van der Waals surface area contributed by atoms with Crippen LogP contribution in [-0.4, -0.2) is 59.9 Å². The number of rotatable bonds is 5. The number of amides is 2. The summed E-state index contributed by atoms with van der Waals surface area (Å²) >= 11 is 0. The smallest absolute Gasteiger partial charge is 0.242 e. The van der Waals surface area contributed by atoms with E-state index in [1.807, 2.05) is 23.1 Å². The minimum Gasteiger partial charge on any atom is -0.345 e. The van der Waals surface area contributed by atoms with Gasteiger partial charge in [0.25, 0.3) is 0 Å². The fourth-order valence-corrected chi connectivity index (χ4v) is 3.85. The summed E-state index contributed by atoms with van der Waals surface area (Å²) < 4.78 is 0. The summed E-state index contributed by atoms with van der Waals surface area (Å²) in [5.74, 6) is -0.189. The van der Waals surface area contributed by atoms with Gasteiger partial charge in [-0.05, 0) is 18.4 Å². The topological polar surface area (TPSA) is 78.7 Å². The number of hydrogen-bond acceptors (Lipinski definition) is 4. The molecule has 1 aromatic rings. The van der Waals surface area contributed by atoms with Crippen LogP contribution in [0.15, 0.2) is 30.3 Å². The van der Waals surface area contributed by atoms with Crippen molar-refractivity contribution < 1.29 is 9.59 Å². The molecule has 0 unspecified atom stereocenters. The zero-order chi connectivity index (χ0) is 18.4. The maximum absolute atomic E-state index is 12.4. The molecule has 0 spiro atoms. The first-order valence-electron chi connectivity index (χ1n) is 9.68. The second-order valence-electron chi connectivity index (χ2n) is 7.54. The Morgan fingerprint density at radius 1 is 1.00 bits per heavy atom. The number of hydrogen-bond donors (Lipinski definition) is 2. The molecule has 26 heavy (non-hydrogen) atoms. The Morgan fingerprint density at radius 2 is 1.65 bits per heavy atom. The molecular formula is C20H30N4O2. The number of carbonyl (C=O) groups is 2. The Hall–Kier alpha value is -1.92. The monoisotopic (exact) mass is 358 g/mol. The normalized spacial score (nSPS) is 20.6. The van der Waals surface area contributed by atoms with Gasteiger partial charge in [-0.3, -0.25) is 14.5 Å². The average molecular weight is 358 g/mol. The van der Waals surface area contributed by atoms with Crippen LogP contribution >= 0.6 is 0 Å². The van der Waals surface area contributed by atoms with Gasteiger partial charge in [-0.1, -0.05) is 49.6 Å². The van der Waals surface area contributed by atoms with Crippen LogP contribution in [0.5, 0.6) is 0 Å². The van der Waals surface area contributed by atoms with Gasteiger partial charge >= 0.3 is 0 Å². The molecule has 3 N–H and O–H groups in total. The summed E-state index contributed by atoms with van der Waals surface area (Å²) in [6.45, 7) is 4.08. The SMILES string of the molecule is NC1(C(=O)NCC(=O)N2CCN(Cc3ccccc3)CC2)CCCCC1. The highest BCUT2D eigenvalue weighted by Gasteiger charge is 2.35. The molecule has 1 saturated carbocycles. The summed E-state index contributed by atoms with van der Waals surface area (Å²) in [4.78, 5) is 28.9. The lowest BCUT2D eigenvalue weighted by Crippen LogP contribution is -2.57. The number of benzene rings is 1. The van der Waals surface area contributed by atoms with E-state index < -0.39 is 5.54 Å². The van der Waals surface area contributed by atoms with Gasteiger partial charge in [-0.25, -0.2) is 0 Å². The fraction of sp³-hybridized carbons (Fsp3) is 0.600. The van der Waals surface area contributed by atoms with Crippen molar-refractivity contribution in [3.05, 3.63) is 35.9 Å². The highest BCUT2D eigenvalue weighted by atomic mass is 16.2. The van der Waals surface area contributed by atoms with E-state index in [0.717, 1.165) is 38.9 Å². The molecule has 2 amide bonds. The summed E-state index contributed by atoms with van der Waals surface area (Å²) in [6.07, 6.45) is 4.54. The number of nitrogens with zero attached hydrogens (tertiary/aromatic N) is 2. The van der Waals surface area contributed by atoms with Crippen LogP contribution in [0.1, 0.15) is 37.7 Å². The van der Waals surface area contributed by atoms with Crippen molar-refractivity contribution in [2.75, 3.05) is 32.7 Å². The molecule has 0 atom stereocenters. The molecule has 0 bridgehead atoms. The van der Waals surface area contributed by atoms with Gasteiger partial charge in [-0.2, -0.15) is 0 Å². The van der Waals surface area contributed by atoms with E-state index in [9.17, 15) is 9.59 Å². The second-order valence-corrected chi connectivity index (χ2v) is 7.54. The predicted molar refractivity (Wildman–Crippen MR) is 101 cm³/mol. The number of nitrogens with one attached hydrogen (secondary N) is 1. The first kappa shape index (κ1) is 18.9. The third-order valence-corrected chi connectivity index (χ3v) is 5.57. The molecule has 0 radical (unpaired) electrons. The summed E-state index contributed by atoms with van der Waals surface area (Å²) in [7, 11) is 0. The van der Waals surface area contributed by atoms with Crippen molar-refractivity contribution in [1.29, 1.82) is 0 Å². The Kier molecular flexibility index (Phi) is 6.27. The van der Waals surface area contributed by atoms with Gasteiger partial charge in [-0.15, -0.1) is 0 Å². The first-order chi connectivity index (χ1) is 12.6. The molecule has 6 heteroatoms. The van der Waals surface area contributed by atoms with E-state index in [2.05, 4.69) is 22.3 Å². The molecule has 142 valence electrons. The van der Waals surface area contributed by atoms with Crippen molar-refractivity contribution >= 4 is 11.8 Å². The standard InChI is InChI=1S/C20H30N4O2/c21-20(9-5-2-6-10-20)19(26)22-15-18(25)24-13-11-23(12-14-24)16-17-7-3-1-4-8-17/h1,3-4,7-8H,2,5-6,9-16,21H2,(H,22,26). The molecule has 1 aliphatic carbocycles. The van der Waals surface area contributed by atoms with Gasteiger partial charge in [0.15, 0.2) is 0 Å². The van der Waals surface area contributed by atoms with Gasteiger partial charge in [0, 0.05) is 32.7 Å².